The lowest BCUT2D eigenvalue weighted by Gasteiger charge is -2.23. The molecule has 7 heteroatoms. The first-order valence-corrected chi connectivity index (χ1v) is 6.80. The molecular formula is C12H14BrClN2O3. The molecule has 0 bridgehead atoms. The van der Waals surface area contributed by atoms with Crippen molar-refractivity contribution in [3.8, 4) is 0 Å². The second-order valence-corrected chi connectivity index (χ2v) is 5.67. The van der Waals surface area contributed by atoms with E-state index in [1.165, 1.54) is 12.3 Å². The molecule has 0 aliphatic heterocycles. The Bertz CT molecular complexity index is 510. The fraction of sp³-hybridized carbons (Fsp3) is 0.417. The number of aliphatic carboxylic acids is 1. The number of nitrogens with zero attached hydrogens (tertiary/aromatic N) is 1. The molecule has 0 aliphatic rings. The van der Waals surface area contributed by atoms with Crippen molar-refractivity contribution in [2.75, 3.05) is 6.54 Å². The standard InChI is InChI=1S/C12H14BrClN2O3/c1-3-12(2,11(18)19)6-16-10(17)8-4-7(13)5-15-9(8)14/h4-5H,3,6H2,1-2H3,(H,16,17)(H,18,19). The minimum absolute atomic E-state index is 0.0283. The van der Waals surface area contributed by atoms with E-state index < -0.39 is 17.3 Å². The van der Waals surface area contributed by atoms with Crippen LogP contribution in [0.2, 0.25) is 5.15 Å². The number of halogens is 2. The van der Waals surface area contributed by atoms with Gasteiger partial charge in [0.15, 0.2) is 0 Å². The van der Waals surface area contributed by atoms with Gasteiger partial charge in [-0.1, -0.05) is 18.5 Å². The normalized spacial score (nSPS) is 13.7. The first-order chi connectivity index (χ1) is 8.80. The van der Waals surface area contributed by atoms with Crippen LogP contribution in [0.15, 0.2) is 16.7 Å². The number of rotatable bonds is 5. The van der Waals surface area contributed by atoms with Gasteiger partial charge in [-0.15, -0.1) is 0 Å². The maximum Gasteiger partial charge on any atom is 0.311 e. The minimum atomic E-state index is -0.998. The highest BCUT2D eigenvalue weighted by Crippen LogP contribution is 2.21. The van der Waals surface area contributed by atoms with Crippen molar-refractivity contribution in [3.05, 3.63) is 27.5 Å². The van der Waals surface area contributed by atoms with E-state index in [9.17, 15) is 9.59 Å². The van der Waals surface area contributed by atoms with Crippen molar-refractivity contribution >= 4 is 39.4 Å². The highest BCUT2D eigenvalue weighted by atomic mass is 79.9. The van der Waals surface area contributed by atoms with Gasteiger partial charge in [-0.2, -0.15) is 0 Å². The smallest absolute Gasteiger partial charge is 0.311 e. The minimum Gasteiger partial charge on any atom is -0.481 e. The van der Waals surface area contributed by atoms with Crippen LogP contribution < -0.4 is 5.32 Å². The van der Waals surface area contributed by atoms with Gasteiger partial charge in [-0.3, -0.25) is 9.59 Å². The predicted molar refractivity (Wildman–Crippen MR) is 75.3 cm³/mol. The van der Waals surface area contributed by atoms with Gasteiger partial charge >= 0.3 is 5.97 Å². The number of hydrogen-bond donors (Lipinski definition) is 2. The van der Waals surface area contributed by atoms with Gasteiger partial charge in [0.25, 0.3) is 5.91 Å². The summed E-state index contributed by atoms with van der Waals surface area (Å²) in [6.07, 6.45) is 1.89. The van der Waals surface area contributed by atoms with Gasteiger partial charge in [-0.25, -0.2) is 4.98 Å². The Morgan fingerprint density at radius 2 is 2.21 bits per heavy atom. The third kappa shape index (κ3) is 3.91. The summed E-state index contributed by atoms with van der Waals surface area (Å²) in [6.45, 7) is 3.37. The van der Waals surface area contributed by atoms with Crippen molar-refractivity contribution in [1.29, 1.82) is 0 Å². The molecule has 0 aromatic carbocycles. The zero-order valence-corrected chi connectivity index (χ0v) is 12.9. The van der Waals surface area contributed by atoms with Gasteiger partial charge in [0.05, 0.1) is 11.0 Å². The number of amides is 1. The maximum atomic E-state index is 12.0. The van der Waals surface area contributed by atoms with E-state index in [4.69, 9.17) is 16.7 Å². The topological polar surface area (TPSA) is 79.3 Å². The molecule has 1 unspecified atom stereocenters. The van der Waals surface area contributed by atoms with Crippen LogP contribution >= 0.6 is 27.5 Å². The molecule has 0 aliphatic carbocycles. The summed E-state index contributed by atoms with van der Waals surface area (Å²) < 4.78 is 0.624. The summed E-state index contributed by atoms with van der Waals surface area (Å²) in [7, 11) is 0. The lowest BCUT2D eigenvalue weighted by Crippen LogP contribution is -2.40. The molecule has 0 fully saturated rings. The first kappa shape index (κ1) is 15.9. The van der Waals surface area contributed by atoms with Crippen LogP contribution in [0, 0.1) is 5.41 Å². The molecule has 0 saturated carbocycles. The molecule has 0 saturated heterocycles. The van der Waals surface area contributed by atoms with Gasteiger partial charge in [0.2, 0.25) is 0 Å². The summed E-state index contributed by atoms with van der Waals surface area (Å²) in [5.74, 6) is -1.39. The molecule has 1 atom stereocenters. The molecule has 0 radical (unpaired) electrons. The molecule has 1 amide bonds. The van der Waals surface area contributed by atoms with Crippen molar-refractivity contribution < 1.29 is 14.7 Å². The number of nitrogens with one attached hydrogen (secondary N) is 1. The van der Waals surface area contributed by atoms with Crippen molar-refractivity contribution in [3.63, 3.8) is 0 Å². The van der Waals surface area contributed by atoms with Crippen LogP contribution in [-0.4, -0.2) is 28.5 Å². The predicted octanol–water partition coefficient (Wildman–Crippen LogP) is 2.73. The number of carboxylic acid groups (broad SMARTS) is 1. The Morgan fingerprint density at radius 1 is 1.58 bits per heavy atom. The van der Waals surface area contributed by atoms with Crippen molar-refractivity contribution in [2.45, 2.75) is 20.3 Å². The van der Waals surface area contributed by atoms with Crippen LogP contribution in [0.3, 0.4) is 0 Å². The Morgan fingerprint density at radius 3 is 2.74 bits per heavy atom. The summed E-state index contributed by atoms with van der Waals surface area (Å²) in [5, 5.41) is 11.8. The van der Waals surface area contributed by atoms with Crippen LogP contribution in [0.1, 0.15) is 30.6 Å². The van der Waals surface area contributed by atoms with Gasteiger partial charge in [0, 0.05) is 17.2 Å². The lowest BCUT2D eigenvalue weighted by molar-refractivity contribution is -0.147. The average Bonchev–Trinajstić information content (AvgIpc) is 2.38. The number of aromatic nitrogens is 1. The summed E-state index contributed by atoms with van der Waals surface area (Å²) >= 11 is 9.03. The van der Waals surface area contributed by atoms with Gasteiger partial charge in [0.1, 0.15) is 5.15 Å². The Kier molecular flexibility index (Phi) is 5.31. The third-order valence-corrected chi connectivity index (χ3v) is 3.72. The van der Waals surface area contributed by atoms with E-state index in [0.29, 0.717) is 10.9 Å². The molecule has 1 heterocycles. The van der Waals surface area contributed by atoms with Crippen LogP contribution in [-0.2, 0) is 4.79 Å². The largest absolute Gasteiger partial charge is 0.481 e. The lowest BCUT2D eigenvalue weighted by atomic mass is 9.87. The fourth-order valence-corrected chi connectivity index (χ4v) is 1.82. The number of hydrogen-bond acceptors (Lipinski definition) is 3. The summed E-state index contributed by atoms with van der Waals surface area (Å²) in [5.41, 5.74) is -0.790. The molecule has 19 heavy (non-hydrogen) atoms. The zero-order chi connectivity index (χ0) is 14.6. The zero-order valence-electron chi connectivity index (χ0n) is 10.5. The highest BCUT2D eigenvalue weighted by Gasteiger charge is 2.31. The van der Waals surface area contributed by atoms with Crippen molar-refractivity contribution in [2.24, 2.45) is 5.41 Å². The van der Waals surface area contributed by atoms with E-state index in [2.05, 4.69) is 26.2 Å². The quantitative estimate of drug-likeness (QED) is 0.801. The molecular weight excluding hydrogens is 336 g/mol. The Balaban J connectivity index is 2.81. The summed E-state index contributed by atoms with van der Waals surface area (Å²) in [4.78, 5) is 26.9. The Hall–Kier alpha value is -1.14. The molecule has 2 N–H and O–H groups in total. The summed E-state index contributed by atoms with van der Waals surface area (Å²) in [6, 6.07) is 1.54. The second-order valence-electron chi connectivity index (χ2n) is 4.39. The number of carbonyl (C=O) groups excluding carboxylic acids is 1. The van der Waals surface area contributed by atoms with E-state index >= 15 is 0 Å². The van der Waals surface area contributed by atoms with E-state index in [1.807, 2.05) is 0 Å². The maximum absolute atomic E-state index is 12.0. The van der Waals surface area contributed by atoms with Gasteiger partial charge in [-0.05, 0) is 35.3 Å². The van der Waals surface area contributed by atoms with E-state index in [-0.39, 0.29) is 17.3 Å². The van der Waals surface area contributed by atoms with Gasteiger partial charge < -0.3 is 10.4 Å². The average molecular weight is 350 g/mol. The van der Waals surface area contributed by atoms with E-state index in [1.54, 1.807) is 13.8 Å². The molecule has 5 nitrogen and oxygen atoms in total. The monoisotopic (exact) mass is 348 g/mol. The van der Waals surface area contributed by atoms with Crippen molar-refractivity contribution in [1.82, 2.24) is 10.3 Å². The van der Waals surface area contributed by atoms with E-state index in [0.717, 1.165) is 0 Å². The number of carboxylic acids is 1. The molecule has 1 rings (SSSR count). The first-order valence-electron chi connectivity index (χ1n) is 5.63. The second kappa shape index (κ2) is 6.34. The molecule has 104 valence electrons. The fourth-order valence-electron chi connectivity index (χ4n) is 1.30. The van der Waals surface area contributed by atoms with Crippen LogP contribution in [0.5, 0.6) is 0 Å². The molecule has 1 aromatic heterocycles. The molecule has 0 spiro atoms. The Labute approximate surface area is 124 Å². The third-order valence-electron chi connectivity index (χ3n) is 2.99. The molecule has 1 aromatic rings. The van der Waals surface area contributed by atoms with Crippen LogP contribution in [0.4, 0.5) is 0 Å². The SMILES string of the molecule is CCC(C)(CNC(=O)c1cc(Br)cnc1Cl)C(=O)O. The highest BCUT2D eigenvalue weighted by molar-refractivity contribution is 9.10. The number of carbonyl (C=O) groups is 2. The van der Waals surface area contributed by atoms with Crippen LogP contribution in [0.25, 0.3) is 0 Å². The number of pyridine rings is 1.